The third kappa shape index (κ3) is 2.79. The molecule has 86 valence electrons. The predicted octanol–water partition coefficient (Wildman–Crippen LogP) is 1.03. The Balaban J connectivity index is 1.74. The maximum atomic E-state index is 11.9. The van der Waals surface area contributed by atoms with Crippen LogP contribution in [0.2, 0.25) is 0 Å². The van der Waals surface area contributed by atoms with Crippen LogP contribution in [0.25, 0.3) is 0 Å². The number of hydrogen-bond donors (Lipinski definition) is 1. The summed E-state index contributed by atoms with van der Waals surface area (Å²) in [7, 11) is 0. The lowest BCUT2D eigenvalue weighted by molar-refractivity contribution is -0.123. The highest BCUT2D eigenvalue weighted by molar-refractivity contribution is 5.83. The molecular weight excluding hydrogens is 188 g/mol. The standard InChI is InChI=1S/C12H22N2O/c13-7-10-5-6-14(8-10)9-12(15)11-3-1-2-4-11/h10-11H,1-9,13H2. The van der Waals surface area contributed by atoms with Crippen LogP contribution in [0.4, 0.5) is 0 Å². The maximum absolute atomic E-state index is 11.9. The van der Waals surface area contributed by atoms with Crippen molar-refractivity contribution < 1.29 is 4.79 Å². The zero-order chi connectivity index (χ0) is 10.7. The van der Waals surface area contributed by atoms with Gasteiger partial charge in [0.05, 0.1) is 6.54 Å². The van der Waals surface area contributed by atoms with E-state index in [1.165, 1.54) is 19.3 Å². The van der Waals surface area contributed by atoms with E-state index in [0.29, 0.717) is 24.2 Å². The van der Waals surface area contributed by atoms with Crippen molar-refractivity contribution >= 4 is 5.78 Å². The van der Waals surface area contributed by atoms with Crippen LogP contribution in [0.3, 0.4) is 0 Å². The van der Waals surface area contributed by atoms with E-state index in [4.69, 9.17) is 5.73 Å². The van der Waals surface area contributed by atoms with Gasteiger partial charge in [-0.1, -0.05) is 12.8 Å². The summed E-state index contributed by atoms with van der Waals surface area (Å²) >= 11 is 0. The van der Waals surface area contributed by atoms with Gasteiger partial charge in [0.25, 0.3) is 0 Å². The second-order valence-corrected chi connectivity index (χ2v) is 5.07. The molecule has 3 nitrogen and oxygen atoms in total. The average Bonchev–Trinajstić information content (AvgIpc) is 2.87. The minimum Gasteiger partial charge on any atom is -0.330 e. The fraction of sp³-hybridized carbons (Fsp3) is 0.917. The molecule has 1 aliphatic heterocycles. The molecule has 0 bridgehead atoms. The number of Topliss-reactive ketones (excluding diaryl/α,β-unsaturated/α-hetero) is 1. The normalized spacial score (nSPS) is 28.7. The number of rotatable bonds is 4. The van der Waals surface area contributed by atoms with Gasteiger partial charge in [-0.3, -0.25) is 9.69 Å². The summed E-state index contributed by atoms with van der Waals surface area (Å²) in [5, 5.41) is 0. The Labute approximate surface area is 92.0 Å². The van der Waals surface area contributed by atoms with E-state index >= 15 is 0 Å². The molecule has 1 saturated carbocycles. The molecule has 0 aromatic carbocycles. The first-order valence-electron chi connectivity index (χ1n) is 6.24. The Hall–Kier alpha value is -0.410. The van der Waals surface area contributed by atoms with E-state index in [1.54, 1.807) is 0 Å². The second-order valence-electron chi connectivity index (χ2n) is 5.07. The van der Waals surface area contributed by atoms with Crippen molar-refractivity contribution in [2.75, 3.05) is 26.2 Å². The van der Waals surface area contributed by atoms with Gasteiger partial charge in [-0.2, -0.15) is 0 Å². The SMILES string of the molecule is NCC1CCN(CC(=O)C2CCCC2)C1. The summed E-state index contributed by atoms with van der Waals surface area (Å²) in [6, 6.07) is 0. The molecule has 0 spiro atoms. The Bertz CT molecular complexity index is 224. The molecule has 2 N–H and O–H groups in total. The zero-order valence-corrected chi connectivity index (χ0v) is 9.45. The monoisotopic (exact) mass is 210 g/mol. The quantitative estimate of drug-likeness (QED) is 0.753. The minimum atomic E-state index is 0.377. The van der Waals surface area contributed by atoms with Gasteiger partial charge in [-0.25, -0.2) is 0 Å². The van der Waals surface area contributed by atoms with Crippen LogP contribution in [0, 0.1) is 11.8 Å². The molecule has 0 amide bonds. The largest absolute Gasteiger partial charge is 0.330 e. The molecule has 2 aliphatic rings. The average molecular weight is 210 g/mol. The van der Waals surface area contributed by atoms with Crippen LogP contribution >= 0.6 is 0 Å². The molecule has 15 heavy (non-hydrogen) atoms. The van der Waals surface area contributed by atoms with E-state index in [1.807, 2.05) is 0 Å². The van der Waals surface area contributed by atoms with E-state index in [2.05, 4.69) is 4.90 Å². The molecule has 2 fully saturated rings. The maximum Gasteiger partial charge on any atom is 0.149 e. The number of nitrogens with two attached hydrogens (primary N) is 1. The fourth-order valence-electron chi connectivity index (χ4n) is 2.85. The topological polar surface area (TPSA) is 46.3 Å². The van der Waals surface area contributed by atoms with Crippen molar-refractivity contribution in [1.29, 1.82) is 0 Å². The third-order valence-corrected chi connectivity index (χ3v) is 3.89. The second kappa shape index (κ2) is 5.08. The van der Waals surface area contributed by atoms with Gasteiger partial charge in [-0.15, -0.1) is 0 Å². The fourth-order valence-corrected chi connectivity index (χ4v) is 2.85. The molecule has 1 saturated heterocycles. The molecular formula is C12H22N2O. The van der Waals surface area contributed by atoms with Crippen LogP contribution in [0.15, 0.2) is 0 Å². The summed E-state index contributed by atoms with van der Waals surface area (Å²) in [6.07, 6.45) is 5.94. The number of hydrogen-bond acceptors (Lipinski definition) is 3. The highest BCUT2D eigenvalue weighted by Gasteiger charge is 2.27. The number of nitrogens with zero attached hydrogens (tertiary/aromatic N) is 1. The predicted molar refractivity (Wildman–Crippen MR) is 60.6 cm³/mol. The van der Waals surface area contributed by atoms with Gasteiger partial charge in [0.15, 0.2) is 0 Å². The van der Waals surface area contributed by atoms with Gasteiger partial charge in [0.1, 0.15) is 5.78 Å². The number of carbonyl (C=O) groups is 1. The van der Waals surface area contributed by atoms with E-state index in [9.17, 15) is 4.79 Å². The number of carbonyl (C=O) groups excluding carboxylic acids is 1. The smallest absolute Gasteiger partial charge is 0.149 e. The molecule has 0 aromatic rings. The van der Waals surface area contributed by atoms with Crippen molar-refractivity contribution in [1.82, 2.24) is 4.90 Å². The van der Waals surface area contributed by atoms with Crippen LogP contribution in [-0.2, 0) is 4.79 Å². The van der Waals surface area contributed by atoms with E-state index in [0.717, 1.165) is 32.5 Å². The third-order valence-electron chi connectivity index (χ3n) is 3.89. The van der Waals surface area contributed by atoms with Crippen molar-refractivity contribution in [3.8, 4) is 0 Å². The van der Waals surface area contributed by atoms with Crippen LogP contribution in [-0.4, -0.2) is 36.9 Å². The zero-order valence-electron chi connectivity index (χ0n) is 9.45. The molecule has 2 rings (SSSR count). The van der Waals surface area contributed by atoms with Crippen molar-refractivity contribution in [2.24, 2.45) is 17.6 Å². The summed E-state index contributed by atoms with van der Waals surface area (Å²) in [5.41, 5.74) is 5.64. The van der Waals surface area contributed by atoms with Gasteiger partial charge >= 0.3 is 0 Å². The summed E-state index contributed by atoms with van der Waals surface area (Å²) in [4.78, 5) is 14.2. The summed E-state index contributed by atoms with van der Waals surface area (Å²) in [5.74, 6) is 1.48. The van der Waals surface area contributed by atoms with Crippen LogP contribution in [0.1, 0.15) is 32.1 Å². The molecule has 3 heteroatoms. The molecule has 1 atom stereocenters. The van der Waals surface area contributed by atoms with Gasteiger partial charge in [-0.05, 0) is 38.3 Å². The first-order chi connectivity index (χ1) is 7.29. The van der Waals surface area contributed by atoms with Crippen LogP contribution in [0.5, 0.6) is 0 Å². The molecule has 1 heterocycles. The molecule has 0 radical (unpaired) electrons. The first-order valence-corrected chi connectivity index (χ1v) is 6.24. The molecule has 1 aliphatic carbocycles. The van der Waals surface area contributed by atoms with Crippen LogP contribution < -0.4 is 5.73 Å². The first kappa shape index (κ1) is 11.1. The van der Waals surface area contributed by atoms with Crippen molar-refractivity contribution in [2.45, 2.75) is 32.1 Å². The number of likely N-dealkylation sites (tertiary alicyclic amines) is 1. The lowest BCUT2D eigenvalue weighted by Gasteiger charge is -2.17. The lowest BCUT2D eigenvalue weighted by atomic mass is 10.0. The van der Waals surface area contributed by atoms with Gasteiger partial charge < -0.3 is 5.73 Å². The molecule has 0 aromatic heterocycles. The summed E-state index contributed by atoms with van der Waals surface area (Å²) < 4.78 is 0. The van der Waals surface area contributed by atoms with E-state index in [-0.39, 0.29) is 0 Å². The Kier molecular flexibility index (Phi) is 3.76. The highest BCUT2D eigenvalue weighted by atomic mass is 16.1. The number of ketones is 1. The van der Waals surface area contributed by atoms with Crippen molar-refractivity contribution in [3.63, 3.8) is 0 Å². The van der Waals surface area contributed by atoms with Gasteiger partial charge in [0.2, 0.25) is 0 Å². The Morgan fingerprint density at radius 2 is 2.00 bits per heavy atom. The van der Waals surface area contributed by atoms with E-state index < -0.39 is 0 Å². The Morgan fingerprint density at radius 3 is 2.60 bits per heavy atom. The Morgan fingerprint density at radius 1 is 1.27 bits per heavy atom. The molecule has 1 unspecified atom stereocenters. The van der Waals surface area contributed by atoms with Crippen molar-refractivity contribution in [3.05, 3.63) is 0 Å². The van der Waals surface area contributed by atoms with Gasteiger partial charge in [0, 0.05) is 12.5 Å². The minimum absolute atomic E-state index is 0.377. The highest BCUT2D eigenvalue weighted by Crippen LogP contribution is 2.26. The summed E-state index contributed by atoms with van der Waals surface area (Å²) in [6.45, 7) is 3.56. The lowest BCUT2D eigenvalue weighted by Crippen LogP contribution is -2.31.